The number of thiazole rings is 1. The third kappa shape index (κ3) is 3.45. The Bertz CT molecular complexity index is 591. The molecule has 0 aliphatic carbocycles. The minimum atomic E-state index is -0.490. The highest BCUT2D eigenvalue weighted by Gasteiger charge is 2.20. The van der Waals surface area contributed by atoms with Crippen LogP contribution in [0.15, 0.2) is 17.5 Å². The minimum absolute atomic E-state index is 0.161. The van der Waals surface area contributed by atoms with Crippen LogP contribution in [-0.2, 0) is 4.79 Å². The normalized spacial score (nSPS) is 14.0. The van der Waals surface area contributed by atoms with Crippen LogP contribution in [0.2, 0.25) is 0 Å². The molecular weight excluding hydrogens is 290 g/mol. The maximum Gasteiger partial charge on any atom is 0.243 e. The smallest absolute Gasteiger partial charge is 0.243 e. The van der Waals surface area contributed by atoms with Crippen molar-refractivity contribution in [2.45, 2.75) is 33.2 Å². The molecule has 0 spiro atoms. The summed E-state index contributed by atoms with van der Waals surface area (Å²) in [5.74, 6) is -0.00279. The van der Waals surface area contributed by atoms with Crippen LogP contribution < -0.4 is 11.1 Å². The molecule has 2 aromatic heterocycles. The van der Waals surface area contributed by atoms with Crippen molar-refractivity contribution in [3.05, 3.63) is 22.4 Å². The summed E-state index contributed by atoms with van der Waals surface area (Å²) in [5, 5.41) is 5.36. The first-order chi connectivity index (χ1) is 9.51. The Balaban J connectivity index is 2.05. The molecule has 0 aromatic carbocycles. The molecule has 1 amide bonds. The third-order valence-corrected chi connectivity index (χ3v) is 5.07. The maximum atomic E-state index is 12.0. The molecule has 3 N–H and O–H groups in total. The van der Waals surface area contributed by atoms with Gasteiger partial charge in [0.2, 0.25) is 5.91 Å². The van der Waals surface area contributed by atoms with Gasteiger partial charge in [-0.25, -0.2) is 4.98 Å². The van der Waals surface area contributed by atoms with Crippen LogP contribution in [0, 0.1) is 12.8 Å². The van der Waals surface area contributed by atoms with Crippen LogP contribution in [0.5, 0.6) is 0 Å². The van der Waals surface area contributed by atoms with Crippen molar-refractivity contribution in [2.24, 2.45) is 11.7 Å². The predicted molar refractivity (Wildman–Crippen MR) is 86.2 cm³/mol. The van der Waals surface area contributed by atoms with E-state index < -0.39 is 6.04 Å². The molecule has 2 aromatic rings. The molecule has 0 fully saturated rings. The van der Waals surface area contributed by atoms with Gasteiger partial charge in [-0.1, -0.05) is 20.3 Å². The quantitative estimate of drug-likeness (QED) is 0.888. The Kier molecular flexibility index (Phi) is 4.91. The second-order valence-electron chi connectivity index (χ2n) is 4.85. The number of aryl methyl sites for hydroxylation is 1. The highest BCUT2D eigenvalue weighted by molar-refractivity contribution is 7.17. The molecule has 2 unspecified atom stereocenters. The molecular formula is C14H19N3OS2. The number of nitrogens with one attached hydrogen (secondary N) is 1. The van der Waals surface area contributed by atoms with Gasteiger partial charge in [0.25, 0.3) is 0 Å². The largest absolute Gasteiger partial charge is 0.320 e. The Morgan fingerprint density at radius 1 is 1.50 bits per heavy atom. The second-order valence-corrected chi connectivity index (χ2v) is 6.99. The molecule has 20 heavy (non-hydrogen) atoms. The van der Waals surface area contributed by atoms with Crippen molar-refractivity contribution < 1.29 is 4.79 Å². The zero-order chi connectivity index (χ0) is 14.7. The molecule has 6 heteroatoms. The Labute approximate surface area is 127 Å². The number of aromatic nitrogens is 1. The molecule has 4 nitrogen and oxygen atoms in total. The molecule has 2 rings (SSSR count). The molecule has 0 saturated heterocycles. The lowest BCUT2D eigenvalue weighted by Gasteiger charge is -2.16. The van der Waals surface area contributed by atoms with Crippen LogP contribution in [0.1, 0.15) is 25.1 Å². The zero-order valence-electron chi connectivity index (χ0n) is 11.8. The van der Waals surface area contributed by atoms with Gasteiger partial charge < -0.3 is 11.1 Å². The van der Waals surface area contributed by atoms with Crippen LogP contribution in [0.4, 0.5) is 5.13 Å². The second kappa shape index (κ2) is 6.47. The van der Waals surface area contributed by atoms with E-state index in [9.17, 15) is 4.79 Å². The number of nitrogens with zero attached hydrogens (tertiary/aromatic N) is 1. The fourth-order valence-electron chi connectivity index (χ4n) is 1.72. The number of rotatable bonds is 5. The monoisotopic (exact) mass is 309 g/mol. The van der Waals surface area contributed by atoms with Crippen molar-refractivity contribution >= 4 is 33.7 Å². The maximum absolute atomic E-state index is 12.0. The van der Waals surface area contributed by atoms with E-state index in [1.54, 1.807) is 11.3 Å². The predicted octanol–water partition coefficient (Wildman–Crippen LogP) is 3.49. The van der Waals surface area contributed by atoms with E-state index >= 15 is 0 Å². The number of thiophene rings is 1. The van der Waals surface area contributed by atoms with Gasteiger partial charge in [-0.2, -0.15) is 0 Å². The molecule has 0 saturated carbocycles. The lowest BCUT2D eigenvalue weighted by atomic mass is 10.00. The van der Waals surface area contributed by atoms with Crippen molar-refractivity contribution in [3.63, 3.8) is 0 Å². The van der Waals surface area contributed by atoms with Crippen LogP contribution >= 0.6 is 22.7 Å². The van der Waals surface area contributed by atoms with Gasteiger partial charge >= 0.3 is 0 Å². The highest BCUT2D eigenvalue weighted by atomic mass is 32.1. The Hall–Kier alpha value is -1.24. The molecule has 0 aliphatic heterocycles. The Morgan fingerprint density at radius 2 is 2.25 bits per heavy atom. The lowest BCUT2D eigenvalue weighted by Crippen LogP contribution is -2.40. The molecule has 2 heterocycles. The van der Waals surface area contributed by atoms with Gasteiger partial charge in [0.15, 0.2) is 5.13 Å². The van der Waals surface area contributed by atoms with Crippen LogP contribution in [0.25, 0.3) is 10.6 Å². The van der Waals surface area contributed by atoms with E-state index in [0.29, 0.717) is 5.13 Å². The van der Waals surface area contributed by atoms with Gasteiger partial charge in [0, 0.05) is 10.3 Å². The van der Waals surface area contributed by atoms with Crippen molar-refractivity contribution in [1.82, 2.24) is 4.98 Å². The summed E-state index contributed by atoms with van der Waals surface area (Å²) < 4.78 is 0. The summed E-state index contributed by atoms with van der Waals surface area (Å²) in [4.78, 5) is 18.8. The average Bonchev–Trinajstić information content (AvgIpc) is 3.05. The first-order valence-corrected chi connectivity index (χ1v) is 8.29. The van der Waals surface area contributed by atoms with Gasteiger partial charge in [0.1, 0.15) is 0 Å². The molecule has 108 valence electrons. The summed E-state index contributed by atoms with van der Waals surface area (Å²) >= 11 is 3.12. The summed E-state index contributed by atoms with van der Waals surface area (Å²) in [7, 11) is 0. The van der Waals surface area contributed by atoms with E-state index in [2.05, 4.69) is 23.3 Å². The number of carbonyl (C=O) groups is 1. The fraction of sp³-hybridized carbons (Fsp3) is 0.429. The standard InChI is InChI=1S/C14H19N3OS2/c1-4-8(2)12(15)13(18)17-14-16-10(7-19-14)11-6-5-9(3)20-11/h5-8,12H,4,15H2,1-3H3,(H,16,17,18). The fourth-order valence-corrected chi connectivity index (χ4v) is 3.33. The van der Waals surface area contributed by atoms with Crippen molar-refractivity contribution in [1.29, 1.82) is 0 Å². The van der Waals surface area contributed by atoms with Gasteiger partial charge in [-0.15, -0.1) is 22.7 Å². The van der Waals surface area contributed by atoms with Crippen LogP contribution in [0.3, 0.4) is 0 Å². The van der Waals surface area contributed by atoms with E-state index in [1.165, 1.54) is 16.2 Å². The van der Waals surface area contributed by atoms with Gasteiger partial charge in [-0.05, 0) is 25.0 Å². The lowest BCUT2D eigenvalue weighted by molar-refractivity contribution is -0.118. The number of hydrogen-bond acceptors (Lipinski definition) is 5. The third-order valence-electron chi connectivity index (χ3n) is 3.29. The first kappa shape index (κ1) is 15.2. The van der Waals surface area contributed by atoms with Crippen molar-refractivity contribution in [2.75, 3.05) is 5.32 Å². The van der Waals surface area contributed by atoms with E-state index in [-0.39, 0.29) is 11.8 Å². The minimum Gasteiger partial charge on any atom is -0.320 e. The zero-order valence-corrected chi connectivity index (χ0v) is 13.5. The number of hydrogen-bond donors (Lipinski definition) is 2. The number of carbonyl (C=O) groups excluding carboxylic acids is 1. The summed E-state index contributed by atoms with van der Waals surface area (Å²) in [6.45, 7) is 6.07. The van der Waals surface area contributed by atoms with Gasteiger partial charge in [-0.3, -0.25) is 4.79 Å². The van der Waals surface area contributed by atoms with Crippen LogP contribution in [-0.4, -0.2) is 16.9 Å². The van der Waals surface area contributed by atoms with Crippen molar-refractivity contribution in [3.8, 4) is 10.6 Å². The average molecular weight is 309 g/mol. The molecule has 0 radical (unpaired) electrons. The van der Waals surface area contributed by atoms with Gasteiger partial charge in [0.05, 0.1) is 16.6 Å². The summed E-state index contributed by atoms with van der Waals surface area (Å²) in [6, 6.07) is 3.62. The summed E-state index contributed by atoms with van der Waals surface area (Å²) in [5.41, 5.74) is 6.81. The van der Waals surface area contributed by atoms with E-state index in [0.717, 1.165) is 17.0 Å². The van der Waals surface area contributed by atoms with E-state index in [1.807, 2.05) is 25.3 Å². The molecule has 2 atom stereocenters. The first-order valence-electron chi connectivity index (χ1n) is 6.60. The number of anilines is 1. The molecule has 0 bridgehead atoms. The number of amides is 1. The number of nitrogens with two attached hydrogens (primary N) is 1. The molecule has 0 aliphatic rings. The highest BCUT2D eigenvalue weighted by Crippen LogP contribution is 2.30. The summed E-state index contributed by atoms with van der Waals surface area (Å²) in [6.07, 6.45) is 0.881. The van der Waals surface area contributed by atoms with E-state index in [4.69, 9.17) is 5.73 Å². The SMILES string of the molecule is CCC(C)C(N)C(=O)Nc1nc(-c2ccc(C)s2)cs1. The topological polar surface area (TPSA) is 68.0 Å². The Morgan fingerprint density at radius 3 is 2.85 bits per heavy atom.